The molecule has 0 radical (unpaired) electrons. The minimum absolute atomic E-state index is 0.00745. The van der Waals surface area contributed by atoms with Gasteiger partial charge in [-0.15, -0.1) is 0 Å². The van der Waals surface area contributed by atoms with Gasteiger partial charge in [0.15, 0.2) is 0 Å². The zero-order valence-electron chi connectivity index (χ0n) is 7.40. The Morgan fingerprint density at radius 1 is 1.64 bits per heavy atom. The Morgan fingerprint density at radius 2 is 2.36 bits per heavy atom. The SMILES string of the molecule is CNN=Cc1cc([N+](=O)[O-])ccc1Cl. The molecule has 0 saturated heterocycles. The minimum Gasteiger partial charge on any atom is -0.313 e. The van der Waals surface area contributed by atoms with Gasteiger partial charge in [0.2, 0.25) is 0 Å². The number of nitrogens with zero attached hydrogens (tertiary/aromatic N) is 2. The van der Waals surface area contributed by atoms with Gasteiger partial charge in [-0.1, -0.05) is 11.6 Å². The molecule has 5 nitrogen and oxygen atoms in total. The summed E-state index contributed by atoms with van der Waals surface area (Å²) in [5, 5.41) is 14.6. The molecule has 0 saturated carbocycles. The summed E-state index contributed by atoms with van der Waals surface area (Å²) in [6.45, 7) is 0. The molecule has 0 heterocycles. The minimum atomic E-state index is -0.479. The fourth-order valence-electron chi connectivity index (χ4n) is 0.878. The number of hydrazone groups is 1. The molecule has 1 N–H and O–H groups in total. The maximum absolute atomic E-state index is 10.4. The highest BCUT2D eigenvalue weighted by atomic mass is 35.5. The number of nitrogens with one attached hydrogen (secondary N) is 1. The van der Waals surface area contributed by atoms with E-state index in [4.69, 9.17) is 11.6 Å². The van der Waals surface area contributed by atoms with Gasteiger partial charge in [0.1, 0.15) is 0 Å². The fourth-order valence-corrected chi connectivity index (χ4v) is 1.04. The average Bonchev–Trinajstić information content (AvgIpc) is 2.16. The molecule has 0 aliphatic heterocycles. The van der Waals surface area contributed by atoms with Gasteiger partial charge < -0.3 is 5.43 Å². The monoisotopic (exact) mass is 213 g/mol. The Kier molecular flexibility index (Phi) is 3.41. The smallest absolute Gasteiger partial charge is 0.270 e. The van der Waals surface area contributed by atoms with Crippen LogP contribution in [0.15, 0.2) is 23.3 Å². The van der Waals surface area contributed by atoms with Crippen LogP contribution < -0.4 is 5.43 Å². The van der Waals surface area contributed by atoms with E-state index >= 15 is 0 Å². The van der Waals surface area contributed by atoms with Crippen LogP contribution in [0.5, 0.6) is 0 Å². The molecule has 0 aliphatic rings. The molecule has 0 amide bonds. The number of halogens is 1. The number of benzene rings is 1. The molecule has 0 bridgehead atoms. The van der Waals surface area contributed by atoms with E-state index in [0.29, 0.717) is 10.6 Å². The van der Waals surface area contributed by atoms with Crippen LogP contribution in [-0.2, 0) is 0 Å². The zero-order chi connectivity index (χ0) is 10.6. The second kappa shape index (κ2) is 4.57. The Balaban J connectivity index is 3.08. The molecule has 0 atom stereocenters. The third kappa shape index (κ3) is 2.43. The average molecular weight is 214 g/mol. The Hall–Kier alpha value is -1.62. The first-order valence-electron chi connectivity index (χ1n) is 3.79. The lowest BCUT2D eigenvalue weighted by Gasteiger charge is -1.97. The van der Waals surface area contributed by atoms with E-state index in [2.05, 4.69) is 10.5 Å². The fraction of sp³-hybridized carbons (Fsp3) is 0.125. The number of hydrogen-bond acceptors (Lipinski definition) is 4. The van der Waals surface area contributed by atoms with E-state index in [-0.39, 0.29) is 5.69 Å². The van der Waals surface area contributed by atoms with Gasteiger partial charge in [0, 0.05) is 29.8 Å². The van der Waals surface area contributed by atoms with Crippen molar-refractivity contribution in [2.45, 2.75) is 0 Å². The van der Waals surface area contributed by atoms with Crippen molar-refractivity contribution in [3.05, 3.63) is 38.9 Å². The summed E-state index contributed by atoms with van der Waals surface area (Å²) in [5.74, 6) is 0. The van der Waals surface area contributed by atoms with Crippen LogP contribution in [0.2, 0.25) is 5.02 Å². The highest BCUT2D eigenvalue weighted by Crippen LogP contribution is 2.20. The number of rotatable bonds is 3. The summed E-state index contributed by atoms with van der Waals surface area (Å²) in [6, 6.07) is 4.18. The molecule has 0 unspecified atom stereocenters. The lowest BCUT2D eigenvalue weighted by Crippen LogP contribution is -1.96. The van der Waals surface area contributed by atoms with Gasteiger partial charge >= 0.3 is 0 Å². The van der Waals surface area contributed by atoms with E-state index in [0.717, 1.165) is 0 Å². The molecule has 0 aliphatic carbocycles. The van der Waals surface area contributed by atoms with Crippen LogP contribution >= 0.6 is 11.6 Å². The summed E-state index contributed by atoms with van der Waals surface area (Å²) >= 11 is 5.80. The second-order valence-electron chi connectivity index (χ2n) is 2.44. The standard InChI is InChI=1S/C8H8ClN3O2/c1-10-11-5-6-4-7(12(13)14)2-3-8(6)9/h2-5,10H,1H3. The van der Waals surface area contributed by atoms with Crippen LogP contribution in [-0.4, -0.2) is 18.2 Å². The molecular weight excluding hydrogens is 206 g/mol. The van der Waals surface area contributed by atoms with E-state index in [1.807, 2.05) is 0 Å². The predicted molar refractivity (Wildman–Crippen MR) is 54.8 cm³/mol. The van der Waals surface area contributed by atoms with Gasteiger partial charge in [-0.3, -0.25) is 10.1 Å². The van der Waals surface area contributed by atoms with Crippen molar-refractivity contribution in [3.63, 3.8) is 0 Å². The van der Waals surface area contributed by atoms with Crippen molar-refractivity contribution in [1.82, 2.24) is 5.43 Å². The Bertz CT molecular complexity index is 379. The van der Waals surface area contributed by atoms with Crippen molar-refractivity contribution in [3.8, 4) is 0 Å². The van der Waals surface area contributed by atoms with Crippen molar-refractivity contribution in [2.24, 2.45) is 5.10 Å². The summed E-state index contributed by atoms with van der Waals surface area (Å²) in [4.78, 5) is 9.96. The third-order valence-corrected chi connectivity index (χ3v) is 1.87. The quantitative estimate of drug-likeness (QED) is 0.473. The summed E-state index contributed by atoms with van der Waals surface area (Å²) in [6.07, 6.45) is 1.43. The van der Waals surface area contributed by atoms with Crippen LogP contribution in [0, 0.1) is 10.1 Å². The Morgan fingerprint density at radius 3 is 2.93 bits per heavy atom. The number of nitro benzene ring substituents is 1. The number of non-ortho nitro benzene ring substituents is 1. The highest BCUT2D eigenvalue weighted by molar-refractivity contribution is 6.33. The molecule has 1 aromatic carbocycles. The van der Waals surface area contributed by atoms with Crippen molar-refractivity contribution >= 4 is 23.5 Å². The maximum Gasteiger partial charge on any atom is 0.270 e. The molecule has 1 aromatic rings. The first kappa shape index (κ1) is 10.5. The van der Waals surface area contributed by atoms with Crippen molar-refractivity contribution < 1.29 is 4.92 Å². The van der Waals surface area contributed by atoms with E-state index in [9.17, 15) is 10.1 Å². The number of nitro groups is 1. The van der Waals surface area contributed by atoms with Crippen LogP contribution in [0.1, 0.15) is 5.56 Å². The normalized spacial score (nSPS) is 10.4. The molecule has 74 valence electrons. The van der Waals surface area contributed by atoms with Gasteiger partial charge in [-0.25, -0.2) is 0 Å². The predicted octanol–water partition coefficient (Wildman–Crippen LogP) is 1.80. The Labute approximate surface area is 85.5 Å². The summed E-state index contributed by atoms with van der Waals surface area (Å²) < 4.78 is 0. The van der Waals surface area contributed by atoms with Gasteiger partial charge in [0.05, 0.1) is 11.1 Å². The van der Waals surface area contributed by atoms with E-state index in [1.165, 1.54) is 24.4 Å². The summed E-state index contributed by atoms with van der Waals surface area (Å²) in [5.41, 5.74) is 3.04. The van der Waals surface area contributed by atoms with Crippen molar-refractivity contribution in [2.75, 3.05) is 7.05 Å². The molecule has 6 heteroatoms. The largest absolute Gasteiger partial charge is 0.313 e. The second-order valence-corrected chi connectivity index (χ2v) is 2.85. The molecule has 1 rings (SSSR count). The lowest BCUT2D eigenvalue weighted by molar-refractivity contribution is -0.384. The zero-order valence-corrected chi connectivity index (χ0v) is 8.15. The topological polar surface area (TPSA) is 67.5 Å². The van der Waals surface area contributed by atoms with Crippen LogP contribution in [0.25, 0.3) is 0 Å². The molecule has 0 fully saturated rings. The van der Waals surface area contributed by atoms with E-state index in [1.54, 1.807) is 7.05 Å². The molecule has 14 heavy (non-hydrogen) atoms. The lowest BCUT2D eigenvalue weighted by atomic mass is 10.2. The first-order valence-corrected chi connectivity index (χ1v) is 4.16. The number of hydrogen-bond donors (Lipinski definition) is 1. The van der Waals surface area contributed by atoms with E-state index < -0.39 is 4.92 Å². The van der Waals surface area contributed by atoms with Gasteiger partial charge in [-0.2, -0.15) is 5.10 Å². The van der Waals surface area contributed by atoms with Crippen molar-refractivity contribution in [1.29, 1.82) is 0 Å². The third-order valence-electron chi connectivity index (χ3n) is 1.52. The molecule has 0 spiro atoms. The van der Waals surface area contributed by atoms with Crippen LogP contribution in [0.4, 0.5) is 5.69 Å². The molecular formula is C8H8ClN3O2. The van der Waals surface area contributed by atoms with Gasteiger partial charge in [0.25, 0.3) is 5.69 Å². The van der Waals surface area contributed by atoms with Gasteiger partial charge in [-0.05, 0) is 6.07 Å². The molecule has 0 aromatic heterocycles. The highest BCUT2D eigenvalue weighted by Gasteiger charge is 2.07. The van der Waals surface area contributed by atoms with Crippen LogP contribution in [0.3, 0.4) is 0 Å². The first-order chi connectivity index (χ1) is 6.65. The maximum atomic E-state index is 10.4. The summed E-state index contributed by atoms with van der Waals surface area (Å²) in [7, 11) is 1.63.